The number of sulfonamides is 1. The van der Waals surface area contributed by atoms with Gasteiger partial charge in [0, 0.05) is 36.9 Å². The Morgan fingerprint density at radius 1 is 1.36 bits per heavy atom. The van der Waals surface area contributed by atoms with Gasteiger partial charge in [0.25, 0.3) is 0 Å². The quantitative estimate of drug-likeness (QED) is 0.912. The lowest BCUT2D eigenvalue weighted by molar-refractivity contribution is 0.363. The van der Waals surface area contributed by atoms with Crippen molar-refractivity contribution in [3.05, 3.63) is 46.5 Å². The number of hydrogen-bond donors (Lipinski definition) is 1. The maximum absolute atomic E-state index is 12.4. The van der Waals surface area contributed by atoms with Crippen LogP contribution >= 0.6 is 23.2 Å². The number of aryl methyl sites for hydroxylation is 1. The zero-order valence-electron chi connectivity index (χ0n) is 11.7. The highest BCUT2D eigenvalue weighted by atomic mass is 35.5. The highest BCUT2D eigenvalue weighted by molar-refractivity contribution is 7.89. The van der Waals surface area contributed by atoms with Gasteiger partial charge < -0.3 is 4.57 Å². The van der Waals surface area contributed by atoms with Crippen molar-refractivity contribution in [1.29, 1.82) is 0 Å². The maximum atomic E-state index is 12.4. The molecule has 1 N–H and O–H groups in total. The molecule has 22 heavy (non-hydrogen) atoms. The molecule has 1 aromatic carbocycles. The SMILES string of the molecule is O=S(=O)(NC[C@H]1CCc2nccn2C1)c1cc(Cl)ccc1Cl. The fraction of sp³-hybridized carbons (Fsp3) is 0.357. The third-order valence-electron chi connectivity index (χ3n) is 3.78. The summed E-state index contributed by atoms with van der Waals surface area (Å²) in [6.45, 7) is 1.13. The maximum Gasteiger partial charge on any atom is 0.242 e. The van der Waals surface area contributed by atoms with Crippen LogP contribution in [0.1, 0.15) is 12.2 Å². The molecule has 1 aliphatic rings. The second-order valence-corrected chi connectivity index (χ2v) is 7.91. The van der Waals surface area contributed by atoms with Gasteiger partial charge in [0.05, 0.1) is 5.02 Å². The smallest absolute Gasteiger partial charge is 0.242 e. The lowest BCUT2D eigenvalue weighted by atomic mass is 10.00. The van der Waals surface area contributed by atoms with Crippen LogP contribution in [0, 0.1) is 5.92 Å². The zero-order valence-corrected chi connectivity index (χ0v) is 14.0. The monoisotopic (exact) mass is 359 g/mol. The second-order valence-electron chi connectivity index (χ2n) is 5.33. The summed E-state index contributed by atoms with van der Waals surface area (Å²) in [5, 5.41) is 0.503. The van der Waals surface area contributed by atoms with Crippen LogP contribution in [0.2, 0.25) is 10.0 Å². The summed E-state index contributed by atoms with van der Waals surface area (Å²) in [7, 11) is -3.67. The minimum absolute atomic E-state index is 0.0146. The summed E-state index contributed by atoms with van der Waals surface area (Å²) >= 11 is 11.8. The molecule has 0 bridgehead atoms. The molecule has 0 unspecified atom stereocenters. The van der Waals surface area contributed by atoms with Crippen LogP contribution in [-0.2, 0) is 23.0 Å². The third-order valence-corrected chi connectivity index (χ3v) is 5.92. The van der Waals surface area contributed by atoms with Crippen LogP contribution in [-0.4, -0.2) is 24.5 Å². The van der Waals surface area contributed by atoms with Crippen LogP contribution in [0.4, 0.5) is 0 Å². The molecule has 0 saturated heterocycles. The summed E-state index contributed by atoms with van der Waals surface area (Å²) < 4.78 is 29.4. The van der Waals surface area contributed by atoms with E-state index in [-0.39, 0.29) is 15.8 Å². The molecule has 0 amide bonds. The van der Waals surface area contributed by atoms with Gasteiger partial charge in [-0.3, -0.25) is 0 Å². The van der Waals surface area contributed by atoms with E-state index in [1.807, 2.05) is 6.20 Å². The molecule has 2 aromatic rings. The topological polar surface area (TPSA) is 64.0 Å². The number of nitrogens with zero attached hydrogens (tertiary/aromatic N) is 2. The van der Waals surface area contributed by atoms with Crippen molar-refractivity contribution in [3.63, 3.8) is 0 Å². The van der Waals surface area contributed by atoms with Gasteiger partial charge in [-0.2, -0.15) is 0 Å². The van der Waals surface area contributed by atoms with Crippen LogP contribution in [0.25, 0.3) is 0 Å². The van der Waals surface area contributed by atoms with E-state index in [0.29, 0.717) is 11.6 Å². The first-order valence-corrected chi connectivity index (χ1v) is 9.14. The molecular weight excluding hydrogens is 345 g/mol. The van der Waals surface area contributed by atoms with Gasteiger partial charge in [0.1, 0.15) is 10.7 Å². The molecule has 118 valence electrons. The Balaban J connectivity index is 1.69. The Kier molecular flexibility index (Phi) is 4.45. The van der Waals surface area contributed by atoms with Crippen molar-refractivity contribution in [3.8, 4) is 0 Å². The fourth-order valence-electron chi connectivity index (χ4n) is 2.59. The Hall–Kier alpha value is -1.08. The number of halogens is 2. The number of nitrogens with one attached hydrogen (secondary N) is 1. The zero-order chi connectivity index (χ0) is 15.7. The molecule has 0 aliphatic carbocycles. The first-order chi connectivity index (χ1) is 10.5. The van der Waals surface area contributed by atoms with Gasteiger partial charge >= 0.3 is 0 Å². The minimum Gasteiger partial charge on any atom is -0.335 e. The third kappa shape index (κ3) is 3.30. The van der Waals surface area contributed by atoms with Crippen molar-refractivity contribution in [2.45, 2.75) is 24.3 Å². The number of benzene rings is 1. The molecule has 0 spiro atoms. The van der Waals surface area contributed by atoms with Gasteiger partial charge in [-0.1, -0.05) is 23.2 Å². The van der Waals surface area contributed by atoms with Crippen molar-refractivity contribution in [2.75, 3.05) is 6.54 Å². The Morgan fingerprint density at radius 2 is 2.18 bits per heavy atom. The number of rotatable bonds is 4. The van der Waals surface area contributed by atoms with Crippen molar-refractivity contribution in [1.82, 2.24) is 14.3 Å². The lowest BCUT2D eigenvalue weighted by Crippen LogP contribution is -2.33. The van der Waals surface area contributed by atoms with E-state index < -0.39 is 10.0 Å². The second kappa shape index (κ2) is 6.20. The van der Waals surface area contributed by atoms with E-state index >= 15 is 0 Å². The average Bonchev–Trinajstić information content (AvgIpc) is 2.95. The van der Waals surface area contributed by atoms with Crippen LogP contribution < -0.4 is 4.72 Å². The summed E-state index contributed by atoms with van der Waals surface area (Å²) in [6.07, 6.45) is 5.46. The molecule has 2 heterocycles. The summed E-state index contributed by atoms with van der Waals surface area (Å²) in [5.74, 6) is 1.28. The number of imidazole rings is 1. The lowest BCUT2D eigenvalue weighted by Gasteiger charge is -2.24. The molecule has 0 fully saturated rings. The largest absolute Gasteiger partial charge is 0.335 e. The highest BCUT2D eigenvalue weighted by Crippen LogP contribution is 2.25. The first kappa shape index (κ1) is 15.8. The van der Waals surface area contributed by atoms with E-state index in [2.05, 4.69) is 14.3 Å². The fourth-order valence-corrected chi connectivity index (χ4v) is 4.47. The molecule has 3 rings (SSSR count). The van der Waals surface area contributed by atoms with Gasteiger partial charge in [-0.25, -0.2) is 18.1 Å². The number of aromatic nitrogens is 2. The molecule has 0 radical (unpaired) electrons. The summed E-state index contributed by atoms with van der Waals surface area (Å²) in [6, 6.07) is 4.41. The van der Waals surface area contributed by atoms with Gasteiger partial charge in [-0.15, -0.1) is 0 Å². The van der Waals surface area contributed by atoms with Crippen LogP contribution in [0.3, 0.4) is 0 Å². The number of hydrogen-bond acceptors (Lipinski definition) is 3. The molecule has 8 heteroatoms. The molecule has 1 aliphatic heterocycles. The Labute approximate surface area is 139 Å². The molecule has 1 aromatic heterocycles. The number of fused-ring (bicyclic) bond motifs is 1. The normalized spacial score (nSPS) is 18.2. The van der Waals surface area contributed by atoms with Crippen molar-refractivity contribution < 1.29 is 8.42 Å². The molecule has 1 atom stereocenters. The molecule has 5 nitrogen and oxygen atoms in total. The minimum atomic E-state index is -3.67. The highest BCUT2D eigenvalue weighted by Gasteiger charge is 2.23. The molecule has 0 saturated carbocycles. The molecular formula is C14H15Cl2N3O2S. The standard InChI is InChI=1S/C14H15Cl2N3O2S/c15-11-2-3-12(16)13(7-11)22(20,21)18-8-10-1-4-14-17-5-6-19(14)9-10/h2-3,5-7,10,18H,1,4,8-9H2/t10-/m1/s1. The van der Waals surface area contributed by atoms with Crippen LogP contribution in [0.5, 0.6) is 0 Å². The van der Waals surface area contributed by atoms with Gasteiger partial charge in [0.15, 0.2) is 0 Å². The average molecular weight is 360 g/mol. The van der Waals surface area contributed by atoms with Crippen molar-refractivity contribution >= 4 is 33.2 Å². The van der Waals surface area contributed by atoms with Gasteiger partial charge in [-0.05, 0) is 30.5 Å². The summed E-state index contributed by atoms with van der Waals surface area (Å²) in [5.41, 5.74) is 0. The van der Waals surface area contributed by atoms with Crippen molar-refractivity contribution in [2.24, 2.45) is 5.92 Å². The Morgan fingerprint density at radius 3 is 3.00 bits per heavy atom. The Bertz CT molecular complexity index is 789. The van der Waals surface area contributed by atoms with E-state index in [0.717, 1.165) is 25.2 Å². The van der Waals surface area contributed by atoms with E-state index in [9.17, 15) is 8.42 Å². The first-order valence-electron chi connectivity index (χ1n) is 6.90. The predicted molar refractivity (Wildman–Crippen MR) is 85.7 cm³/mol. The predicted octanol–water partition coefficient (Wildman–Crippen LogP) is 2.73. The van der Waals surface area contributed by atoms with Crippen LogP contribution in [0.15, 0.2) is 35.5 Å². The van der Waals surface area contributed by atoms with E-state index in [1.54, 1.807) is 12.3 Å². The summed E-state index contributed by atoms with van der Waals surface area (Å²) in [4.78, 5) is 4.28. The van der Waals surface area contributed by atoms with Gasteiger partial charge in [0.2, 0.25) is 10.0 Å². The van der Waals surface area contributed by atoms with E-state index in [1.165, 1.54) is 12.1 Å². The van der Waals surface area contributed by atoms with E-state index in [4.69, 9.17) is 23.2 Å².